The van der Waals surface area contributed by atoms with E-state index in [1.807, 2.05) is 20.2 Å². The van der Waals surface area contributed by atoms with Crippen LogP contribution in [0, 0.1) is 10.1 Å². The first-order valence-corrected chi connectivity index (χ1v) is 12.0. The number of hydrogen-bond donors (Lipinski definition) is 0. The number of hydrogen-bond acceptors (Lipinski definition) is 3. The Hall–Kier alpha value is -1.06. The molecule has 12 heteroatoms. The molecule has 1 saturated heterocycles. The van der Waals surface area contributed by atoms with Crippen molar-refractivity contribution in [1.29, 1.82) is 0 Å². The average molecular weight is 459 g/mol. The second-order valence-corrected chi connectivity index (χ2v) is 11.0. The summed E-state index contributed by atoms with van der Waals surface area (Å²) in [6.07, 6.45) is -0.235. The van der Waals surface area contributed by atoms with Gasteiger partial charge in [0.2, 0.25) is 6.23 Å². The molecular weight excluding hydrogens is 444 g/mol. The SMILES string of the molecule is C[N+]1(C)CCOC1c1ccccc1[N+](=O)[O-].[F][Sb-]([F])([F])([F])([F])[F]. The van der Waals surface area contributed by atoms with E-state index in [0.717, 1.165) is 6.54 Å². The molecule has 0 amide bonds. The fourth-order valence-corrected chi connectivity index (χ4v) is 2.05. The fraction of sp³-hybridized carbons (Fsp3) is 0.455. The summed E-state index contributed by atoms with van der Waals surface area (Å²) in [4.78, 5) is 10.6. The number of likely N-dealkylation sites (N-methyl/N-ethyl adjacent to an activating group) is 1. The molecular formula is C11H15F6N2O3Sb. The Morgan fingerprint density at radius 1 is 1.17 bits per heavy atom. The van der Waals surface area contributed by atoms with Crippen molar-refractivity contribution in [3.8, 4) is 0 Å². The van der Waals surface area contributed by atoms with E-state index in [4.69, 9.17) is 4.74 Å². The van der Waals surface area contributed by atoms with Gasteiger partial charge in [0, 0.05) is 6.07 Å². The topological polar surface area (TPSA) is 52.4 Å². The van der Waals surface area contributed by atoms with Gasteiger partial charge in [-0.25, -0.2) is 0 Å². The minimum atomic E-state index is -11.2. The molecule has 0 bridgehead atoms. The first-order valence-electron chi connectivity index (χ1n) is 6.21. The van der Waals surface area contributed by atoms with Crippen molar-refractivity contribution in [1.82, 2.24) is 0 Å². The molecule has 1 aliphatic heterocycles. The van der Waals surface area contributed by atoms with E-state index in [0.29, 0.717) is 16.7 Å². The van der Waals surface area contributed by atoms with Crippen LogP contribution in [0.2, 0.25) is 0 Å². The number of nitro groups is 1. The van der Waals surface area contributed by atoms with Crippen LogP contribution < -0.4 is 0 Å². The summed E-state index contributed by atoms with van der Waals surface area (Å²) in [6.45, 7) is 1.51. The van der Waals surface area contributed by atoms with Crippen molar-refractivity contribution in [2.75, 3.05) is 27.2 Å². The number of halogens is 6. The number of para-hydroxylation sites is 1. The minimum absolute atomic E-state index is 0.139. The predicted molar refractivity (Wildman–Crippen MR) is 71.2 cm³/mol. The van der Waals surface area contributed by atoms with Gasteiger partial charge in [-0.15, -0.1) is 0 Å². The average Bonchev–Trinajstić information content (AvgIpc) is 2.64. The number of quaternary nitrogens is 1. The van der Waals surface area contributed by atoms with Gasteiger partial charge in [0.05, 0.1) is 19.0 Å². The molecule has 1 atom stereocenters. The molecule has 1 fully saturated rings. The van der Waals surface area contributed by atoms with Crippen LogP contribution in [0.3, 0.4) is 0 Å². The molecule has 134 valence electrons. The Labute approximate surface area is 130 Å². The molecule has 0 aromatic heterocycles. The molecule has 1 heterocycles. The van der Waals surface area contributed by atoms with E-state index in [2.05, 4.69) is 0 Å². The zero-order chi connectivity index (χ0) is 18.2. The number of ether oxygens (including phenoxy) is 1. The Morgan fingerprint density at radius 2 is 1.65 bits per heavy atom. The maximum absolute atomic E-state index is 11.2. The summed E-state index contributed by atoms with van der Waals surface area (Å²) >= 11 is -11.2. The van der Waals surface area contributed by atoms with Crippen LogP contribution in [0.4, 0.5) is 22.6 Å². The van der Waals surface area contributed by atoms with Crippen LogP contribution in [-0.2, 0) is 4.74 Å². The van der Waals surface area contributed by atoms with Crippen molar-refractivity contribution in [2.45, 2.75) is 6.23 Å². The summed E-state index contributed by atoms with van der Waals surface area (Å²) in [7, 11) is 4.04. The monoisotopic (exact) mass is 458 g/mol. The van der Waals surface area contributed by atoms with Gasteiger partial charge in [-0.2, -0.15) is 0 Å². The van der Waals surface area contributed by atoms with Gasteiger partial charge < -0.3 is 4.74 Å². The van der Waals surface area contributed by atoms with Crippen LogP contribution in [0.5, 0.6) is 0 Å². The van der Waals surface area contributed by atoms with Crippen LogP contribution >= 0.6 is 0 Å². The van der Waals surface area contributed by atoms with Gasteiger partial charge in [-0.3, -0.25) is 14.6 Å². The number of rotatable bonds is 2. The standard InChI is InChI=1S/C11H15N2O3.6FH.Sb/c1-13(2)7-8-16-11(13)9-5-3-4-6-10(9)12(14)15;;;;;;;/h3-6,11H,7-8H2,1-2H3;6*1H;/q+1;;;;;;;+5/p-6. The summed E-state index contributed by atoms with van der Waals surface area (Å²) in [5.41, 5.74) is 0.801. The molecule has 1 aromatic carbocycles. The van der Waals surface area contributed by atoms with Crippen LogP contribution in [-0.4, -0.2) is 56.1 Å². The number of nitrogens with zero attached hydrogens (tertiary/aromatic N) is 2. The summed E-state index contributed by atoms with van der Waals surface area (Å²) in [6, 6.07) is 6.78. The molecule has 1 aliphatic rings. The van der Waals surface area contributed by atoms with Gasteiger partial charge in [-0.1, -0.05) is 12.1 Å². The normalized spacial score (nSPS) is 23.2. The van der Waals surface area contributed by atoms with Crippen LogP contribution in [0.15, 0.2) is 24.3 Å². The van der Waals surface area contributed by atoms with Crippen molar-refractivity contribution < 1.29 is 31.0 Å². The molecule has 0 spiro atoms. The van der Waals surface area contributed by atoms with Gasteiger partial charge in [0.25, 0.3) is 5.69 Å². The van der Waals surface area contributed by atoms with Crippen molar-refractivity contribution in [3.05, 3.63) is 39.9 Å². The number of nitro benzene ring substituents is 1. The molecule has 0 saturated carbocycles. The zero-order valence-corrected chi connectivity index (χ0v) is 14.7. The zero-order valence-electron chi connectivity index (χ0n) is 12.1. The fourth-order valence-electron chi connectivity index (χ4n) is 2.05. The quantitative estimate of drug-likeness (QED) is 0.222. The molecule has 2 rings (SSSR count). The first kappa shape index (κ1) is 20.0. The first-order chi connectivity index (χ1) is 9.97. The predicted octanol–water partition coefficient (Wildman–Crippen LogP) is 3.84. The third-order valence-corrected chi connectivity index (χ3v) is 2.98. The molecule has 1 unspecified atom stereocenters. The van der Waals surface area contributed by atoms with Gasteiger partial charge in [0.15, 0.2) is 0 Å². The van der Waals surface area contributed by atoms with Crippen LogP contribution in [0.1, 0.15) is 11.8 Å². The third kappa shape index (κ3) is 7.85. The second-order valence-electron chi connectivity index (χ2n) is 5.50. The van der Waals surface area contributed by atoms with Gasteiger partial charge in [-0.05, 0) is 6.07 Å². The Bertz CT molecular complexity index is 593. The second kappa shape index (κ2) is 5.49. The molecule has 23 heavy (non-hydrogen) atoms. The summed E-state index contributed by atoms with van der Waals surface area (Å²) in [5, 5.41) is 10.9. The Morgan fingerprint density at radius 3 is 2.04 bits per heavy atom. The Kier molecular flexibility index (Phi) is 4.77. The van der Waals surface area contributed by atoms with Crippen molar-refractivity contribution >= 4 is 25.2 Å². The molecule has 0 aliphatic carbocycles. The van der Waals surface area contributed by atoms with E-state index in [9.17, 15) is 27.0 Å². The molecule has 0 radical (unpaired) electrons. The van der Waals surface area contributed by atoms with E-state index in [1.165, 1.54) is 6.07 Å². The van der Waals surface area contributed by atoms with E-state index >= 15 is 0 Å². The van der Waals surface area contributed by atoms with Crippen molar-refractivity contribution in [2.24, 2.45) is 0 Å². The molecule has 1 aromatic rings. The van der Waals surface area contributed by atoms with Gasteiger partial charge >= 0.3 is 36.4 Å². The molecule has 0 N–H and O–H groups in total. The summed E-state index contributed by atoms with van der Waals surface area (Å²) in [5.74, 6) is 0. The maximum atomic E-state index is 10.9. The van der Waals surface area contributed by atoms with E-state index in [-0.39, 0.29) is 16.8 Å². The van der Waals surface area contributed by atoms with E-state index in [1.54, 1.807) is 12.1 Å². The van der Waals surface area contributed by atoms with Gasteiger partial charge in [0.1, 0.15) is 18.7 Å². The number of benzene rings is 1. The molecule has 5 nitrogen and oxygen atoms in total. The Balaban J connectivity index is 0.000000322. The summed E-state index contributed by atoms with van der Waals surface area (Å²) < 4.78 is 65.8. The van der Waals surface area contributed by atoms with E-state index < -0.39 is 19.5 Å². The van der Waals surface area contributed by atoms with Crippen molar-refractivity contribution in [3.63, 3.8) is 0 Å². The third-order valence-electron chi connectivity index (χ3n) is 2.98. The van der Waals surface area contributed by atoms with Crippen LogP contribution in [0.25, 0.3) is 0 Å².